The molecule has 1 saturated heterocycles. The lowest BCUT2D eigenvalue weighted by Crippen LogP contribution is -2.39. The van der Waals surface area contributed by atoms with Gasteiger partial charge < -0.3 is 14.9 Å². The summed E-state index contributed by atoms with van der Waals surface area (Å²) in [5, 5.41) is 19.6. The molecule has 1 aromatic rings. The smallest absolute Gasteiger partial charge is 0.303 e. The van der Waals surface area contributed by atoms with Crippen molar-refractivity contribution >= 4 is 5.97 Å². The van der Waals surface area contributed by atoms with Gasteiger partial charge in [-0.2, -0.15) is 0 Å². The Labute approximate surface area is 203 Å². The third kappa shape index (κ3) is 6.45. The molecule has 34 heavy (non-hydrogen) atoms. The van der Waals surface area contributed by atoms with Crippen LogP contribution >= 0.6 is 0 Å². The lowest BCUT2D eigenvalue weighted by Gasteiger charge is -2.38. The Balaban J connectivity index is 1.77. The fourth-order valence-corrected chi connectivity index (χ4v) is 5.43. The molecule has 1 aliphatic carbocycles. The van der Waals surface area contributed by atoms with Gasteiger partial charge in [-0.25, -0.2) is 4.39 Å². The van der Waals surface area contributed by atoms with Crippen LogP contribution < -0.4 is 0 Å². The van der Waals surface area contributed by atoms with Gasteiger partial charge in [-0.1, -0.05) is 55.0 Å². The Kier molecular flexibility index (Phi) is 9.26. The van der Waals surface area contributed by atoms with E-state index in [2.05, 4.69) is 45.1 Å². The molecule has 0 radical (unpaired) electrons. The number of rotatable bonds is 12. The highest BCUT2D eigenvalue weighted by Gasteiger charge is 2.58. The molecule has 1 unspecified atom stereocenters. The van der Waals surface area contributed by atoms with Crippen LogP contribution in [0.15, 0.2) is 60.2 Å². The molecule has 2 fully saturated rings. The van der Waals surface area contributed by atoms with Crippen molar-refractivity contribution in [2.24, 2.45) is 17.8 Å². The number of carbonyl (C=O) groups is 1. The largest absolute Gasteiger partial charge is 0.481 e. The topological polar surface area (TPSA) is 66.8 Å². The summed E-state index contributed by atoms with van der Waals surface area (Å²) in [5.41, 5.74) is 2.17. The molecular weight excluding hydrogens is 431 g/mol. The van der Waals surface area contributed by atoms with Crippen molar-refractivity contribution in [3.05, 3.63) is 71.6 Å². The molecule has 1 aromatic carbocycles. The molecule has 0 spiro atoms. The normalized spacial score (nSPS) is 28.0. The number of allylic oxidation sites excluding steroid dienone is 4. The molecule has 4 nitrogen and oxygen atoms in total. The molecule has 5 heteroatoms. The van der Waals surface area contributed by atoms with E-state index < -0.39 is 12.1 Å². The van der Waals surface area contributed by atoms with Crippen molar-refractivity contribution in [3.63, 3.8) is 0 Å². The summed E-state index contributed by atoms with van der Waals surface area (Å²) in [7, 11) is 0. The highest BCUT2D eigenvalue weighted by molar-refractivity contribution is 5.66. The monoisotopic (exact) mass is 470 g/mol. The Hall–Kier alpha value is -2.24. The van der Waals surface area contributed by atoms with E-state index in [1.54, 1.807) is 0 Å². The summed E-state index contributed by atoms with van der Waals surface area (Å²) in [6, 6.07) is 6.81. The van der Waals surface area contributed by atoms with Crippen LogP contribution in [-0.4, -0.2) is 35.0 Å². The van der Waals surface area contributed by atoms with Crippen molar-refractivity contribution in [2.45, 2.75) is 76.9 Å². The number of unbranched alkanes of at least 4 members (excludes halogenated alkanes) is 1. The van der Waals surface area contributed by atoms with E-state index in [4.69, 9.17) is 9.84 Å². The fourth-order valence-electron chi connectivity index (χ4n) is 5.43. The van der Waals surface area contributed by atoms with Crippen molar-refractivity contribution < 1.29 is 24.1 Å². The van der Waals surface area contributed by atoms with Gasteiger partial charge in [0.15, 0.2) is 0 Å². The van der Waals surface area contributed by atoms with Gasteiger partial charge in [0.25, 0.3) is 0 Å². The first-order chi connectivity index (χ1) is 16.2. The molecule has 0 aromatic heterocycles. The first-order valence-corrected chi connectivity index (χ1v) is 12.5. The van der Waals surface area contributed by atoms with Crippen LogP contribution in [0.3, 0.4) is 0 Å². The molecule has 2 N–H and O–H groups in total. The Morgan fingerprint density at radius 3 is 2.68 bits per heavy atom. The molecule has 1 saturated carbocycles. The predicted octanol–water partition coefficient (Wildman–Crippen LogP) is 6.21. The number of hydrogen-bond acceptors (Lipinski definition) is 3. The van der Waals surface area contributed by atoms with Crippen LogP contribution in [0, 0.1) is 23.6 Å². The van der Waals surface area contributed by atoms with E-state index in [1.807, 2.05) is 18.2 Å². The zero-order valence-corrected chi connectivity index (χ0v) is 20.6. The van der Waals surface area contributed by atoms with Gasteiger partial charge >= 0.3 is 5.97 Å². The average molecular weight is 471 g/mol. The molecule has 2 aliphatic rings. The summed E-state index contributed by atoms with van der Waals surface area (Å²) in [5.74, 6) is -0.453. The SMILES string of the molecule is CC(C)=CCC(C)[C@@H](O)/C=C/[C@@H]1[C@@H]2C[C@@](c3ccc(F)cc3)(CO2)[C@H]1C/C=C\CCCC(=O)O. The first kappa shape index (κ1) is 26.4. The second-order valence-corrected chi connectivity index (χ2v) is 10.3. The first-order valence-electron chi connectivity index (χ1n) is 12.5. The number of carboxylic acids is 1. The van der Waals surface area contributed by atoms with Gasteiger partial charge in [-0.3, -0.25) is 4.79 Å². The molecule has 0 amide bonds. The maximum Gasteiger partial charge on any atom is 0.303 e. The number of ether oxygens (including phenoxy) is 1. The maximum atomic E-state index is 13.6. The van der Waals surface area contributed by atoms with Gasteiger partial charge in [0.2, 0.25) is 0 Å². The van der Waals surface area contributed by atoms with Crippen molar-refractivity contribution in [3.8, 4) is 0 Å². The van der Waals surface area contributed by atoms with E-state index >= 15 is 0 Å². The summed E-state index contributed by atoms with van der Waals surface area (Å²) in [6.07, 6.45) is 14.1. The van der Waals surface area contributed by atoms with Crippen LogP contribution in [0.4, 0.5) is 4.39 Å². The second kappa shape index (κ2) is 11.9. The number of aliphatic carboxylic acids is 1. The number of carboxylic acid groups (broad SMARTS) is 1. The van der Waals surface area contributed by atoms with E-state index in [1.165, 1.54) is 17.7 Å². The van der Waals surface area contributed by atoms with E-state index in [9.17, 15) is 14.3 Å². The molecule has 186 valence electrons. The number of aliphatic hydroxyl groups excluding tert-OH is 1. The predicted molar refractivity (Wildman–Crippen MR) is 133 cm³/mol. The zero-order valence-electron chi connectivity index (χ0n) is 20.6. The molecule has 2 bridgehead atoms. The lowest BCUT2D eigenvalue weighted by atomic mass is 9.69. The van der Waals surface area contributed by atoms with Crippen LogP contribution in [0.1, 0.15) is 64.9 Å². The molecule has 3 rings (SSSR count). The van der Waals surface area contributed by atoms with Crippen LogP contribution in [-0.2, 0) is 14.9 Å². The van der Waals surface area contributed by atoms with E-state index in [0.29, 0.717) is 13.0 Å². The summed E-state index contributed by atoms with van der Waals surface area (Å²) >= 11 is 0. The lowest BCUT2D eigenvalue weighted by molar-refractivity contribution is -0.137. The van der Waals surface area contributed by atoms with E-state index in [-0.39, 0.29) is 41.5 Å². The number of hydrogen-bond donors (Lipinski definition) is 2. The fraction of sp³-hybridized carbons (Fsp3) is 0.552. The van der Waals surface area contributed by atoms with Gasteiger partial charge in [0.1, 0.15) is 5.82 Å². The van der Waals surface area contributed by atoms with Gasteiger partial charge in [0, 0.05) is 17.8 Å². The summed E-state index contributed by atoms with van der Waals surface area (Å²) in [4.78, 5) is 10.7. The number of halogens is 1. The van der Waals surface area contributed by atoms with Crippen LogP contribution in [0.5, 0.6) is 0 Å². The minimum atomic E-state index is -0.767. The van der Waals surface area contributed by atoms with E-state index in [0.717, 1.165) is 31.2 Å². The molecule has 1 heterocycles. The van der Waals surface area contributed by atoms with Crippen LogP contribution in [0.2, 0.25) is 0 Å². The number of fused-ring (bicyclic) bond motifs is 2. The van der Waals surface area contributed by atoms with Crippen molar-refractivity contribution in [1.29, 1.82) is 0 Å². The molecular formula is C29H39FO4. The third-order valence-corrected chi connectivity index (χ3v) is 7.47. The highest BCUT2D eigenvalue weighted by Crippen LogP contribution is 2.57. The molecule has 1 aliphatic heterocycles. The third-order valence-electron chi connectivity index (χ3n) is 7.47. The van der Waals surface area contributed by atoms with Crippen molar-refractivity contribution in [2.75, 3.05) is 6.61 Å². The minimum absolute atomic E-state index is 0.0759. The quantitative estimate of drug-likeness (QED) is 0.282. The summed E-state index contributed by atoms with van der Waals surface area (Å²) < 4.78 is 19.8. The summed E-state index contributed by atoms with van der Waals surface area (Å²) in [6.45, 7) is 6.81. The zero-order chi connectivity index (χ0) is 24.7. The Morgan fingerprint density at radius 2 is 2.00 bits per heavy atom. The second-order valence-electron chi connectivity index (χ2n) is 10.3. The average Bonchev–Trinajstić information content (AvgIpc) is 3.36. The van der Waals surface area contributed by atoms with Crippen LogP contribution in [0.25, 0.3) is 0 Å². The Morgan fingerprint density at radius 1 is 1.26 bits per heavy atom. The van der Waals surface area contributed by atoms with Gasteiger partial charge in [0.05, 0.1) is 18.8 Å². The van der Waals surface area contributed by atoms with Gasteiger partial charge in [-0.15, -0.1) is 0 Å². The highest BCUT2D eigenvalue weighted by atomic mass is 19.1. The Bertz CT molecular complexity index is 899. The standard InChI is InChI=1S/C29H39FO4/c1-20(2)10-11-21(3)26(31)17-16-24-25(8-6-4-5-7-9-28(32)33)29(18-27(24)34-19-29)22-12-14-23(30)15-13-22/h4,6,10,12-17,21,24-27,31H,5,7-9,11,18-19H2,1-3H3,(H,32,33)/b6-4-,17-16+/t21?,24-,25-,26-,27-,29-/m0/s1. The van der Waals surface area contributed by atoms with Crippen molar-refractivity contribution in [1.82, 2.24) is 0 Å². The van der Waals surface area contributed by atoms with Gasteiger partial charge in [-0.05, 0) is 75.5 Å². The molecule has 6 atom stereocenters. The number of aliphatic hydroxyl groups is 1. The number of benzene rings is 1. The maximum absolute atomic E-state index is 13.6. The minimum Gasteiger partial charge on any atom is -0.481 e.